The molecule has 0 saturated carbocycles. The first-order valence-corrected chi connectivity index (χ1v) is 11.3. The summed E-state index contributed by atoms with van der Waals surface area (Å²) in [6, 6.07) is 19.4. The molecular weight excluding hydrogens is 458 g/mol. The summed E-state index contributed by atoms with van der Waals surface area (Å²) in [7, 11) is 0. The molecule has 1 amide bonds. The third-order valence-electron chi connectivity index (χ3n) is 6.01. The Hall–Kier alpha value is -4.79. The Labute approximate surface area is 206 Å². The molecule has 1 N–H and O–H groups in total. The monoisotopic (exact) mass is 481 g/mol. The van der Waals surface area contributed by atoms with Crippen molar-refractivity contribution in [3.8, 4) is 11.6 Å². The Morgan fingerprint density at radius 2 is 1.72 bits per heavy atom. The van der Waals surface area contributed by atoms with Crippen molar-refractivity contribution in [3.63, 3.8) is 0 Å². The number of para-hydroxylation sites is 2. The number of ether oxygens (including phenoxy) is 1. The fourth-order valence-electron chi connectivity index (χ4n) is 3.91. The van der Waals surface area contributed by atoms with Gasteiger partial charge in [0.25, 0.3) is 5.88 Å². The minimum atomic E-state index is -0.489. The zero-order valence-electron chi connectivity index (χ0n) is 20.0. The Balaban J connectivity index is 1.53. The van der Waals surface area contributed by atoms with E-state index in [1.54, 1.807) is 42.5 Å². The smallest absolute Gasteiger partial charge is 0.351 e. The minimum absolute atomic E-state index is 0.0659. The molecule has 5 aromatic rings. The van der Waals surface area contributed by atoms with E-state index in [0.29, 0.717) is 28.0 Å². The molecule has 0 unspecified atom stereocenters. The van der Waals surface area contributed by atoms with Gasteiger partial charge in [0.15, 0.2) is 5.78 Å². The molecule has 2 heterocycles. The molecule has 0 aliphatic rings. The standard InChI is InChI=1S/C27H23N5O4/c1-16-7-6-10-23(17(16)2)36-26-25-30-31(27(35)32(25)22-9-5-4-8-21(22)29-26)15-24(34)28-20-13-11-19(12-14-20)18(3)33/h4-14H,15H2,1-3H3,(H,28,34). The number of hydrogen-bond acceptors (Lipinski definition) is 6. The van der Waals surface area contributed by atoms with Crippen LogP contribution in [0.25, 0.3) is 16.7 Å². The van der Waals surface area contributed by atoms with E-state index in [2.05, 4.69) is 15.4 Å². The summed E-state index contributed by atoms with van der Waals surface area (Å²) in [5.74, 6) is 0.265. The molecule has 9 nitrogen and oxygen atoms in total. The summed E-state index contributed by atoms with van der Waals surface area (Å²) in [5.41, 5.74) is 3.88. The molecule has 0 aliphatic heterocycles. The fourth-order valence-corrected chi connectivity index (χ4v) is 3.91. The van der Waals surface area contributed by atoms with Gasteiger partial charge in [-0.15, -0.1) is 5.10 Å². The second-order valence-corrected chi connectivity index (χ2v) is 8.49. The SMILES string of the molecule is CC(=O)c1ccc(NC(=O)Cn2nc3c(Oc4cccc(C)c4C)nc4ccccc4n3c2=O)cc1. The summed E-state index contributed by atoms with van der Waals surface area (Å²) >= 11 is 0. The average molecular weight is 482 g/mol. The number of ketones is 1. The second kappa shape index (κ2) is 9.10. The van der Waals surface area contributed by atoms with Gasteiger partial charge in [0.05, 0.1) is 11.0 Å². The molecule has 180 valence electrons. The topological polar surface area (TPSA) is 108 Å². The van der Waals surface area contributed by atoms with Gasteiger partial charge in [-0.2, -0.15) is 0 Å². The predicted molar refractivity (Wildman–Crippen MR) is 136 cm³/mol. The highest BCUT2D eigenvalue weighted by atomic mass is 16.5. The lowest BCUT2D eigenvalue weighted by Gasteiger charge is -2.11. The number of fused-ring (bicyclic) bond motifs is 3. The van der Waals surface area contributed by atoms with Gasteiger partial charge in [0, 0.05) is 11.3 Å². The van der Waals surface area contributed by atoms with Gasteiger partial charge in [-0.05, 0) is 74.4 Å². The predicted octanol–water partition coefficient (Wildman–Crippen LogP) is 4.29. The summed E-state index contributed by atoms with van der Waals surface area (Å²) in [4.78, 5) is 42.1. The molecule has 0 radical (unpaired) electrons. The highest BCUT2D eigenvalue weighted by molar-refractivity contribution is 5.95. The fraction of sp³-hybridized carbons (Fsp3) is 0.148. The third kappa shape index (κ3) is 4.22. The number of aryl methyl sites for hydroxylation is 1. The maximum Gasteiger partial charge on any atom is 0.351 e. The number of benzene rings is 3. The number of rotatable bonds is 6. The number of nitrogens with zero attached hydrogens (tertiary/aromatic N) is 4. The first-order chi connectivity index (χ1) is 17.3. The van der Waals surface area contributed by atoms with Crippen LogP contribution in [-0.4, -0.2) is 30.9 Å². The number of amides is 1. The Morgan fingerprint density at radius 3 is 2.47 bits per heavy atom. The van der Waals surface area contributed by atoms with Crippen LogP contribution in [0.5, 0.6) is 11.6 Å². The maximum atomic E-state index is 13.3. The van der Waals surface area contributed by atoms with E-state index in [1.165, 1.54) is 11.3 Å². The second-order valence-electron chi connectivity index (χ2n) is 8.49. The molecule has 0 aliphatic carbocycles. The Morgan fingerprint density at radius 1 is 0.972 bits per heavy atom. The summed E-state index contributed by atoms with van der Waals surface area (Å²) in [6.07, 6.45) is 0. The van der Waals surface area contributed by atoms with Crippen LogP contribution in [0.4, 0.5) is 5.69 Å². The highest BCUT2D eigenvalue weighted by Gasteiger charge is 2.20. The van der Waals surface area contributed by atoms with Gasteiger partial charge in [0.1, 0.15) is 12.3 Å². The van der Waals surface area contributed by atoms with Crippen LogP contribution < -0.4 is 15.7 Å². The molecule has 3 aromatic carbocycles. The van der Waals surface area contributed by atoms with Crippen molar-refractivity contribution < 1.29 is 14.3 Å². The number of anilines is 1. The van der Waals surface area contributed by atoms with Gasteiger partial charge in [0.2, 0.25) is 11.6 Å². The van der Waals surface area contributed by atoms with Crippen LogP contribution >= 0.6 is 0 Å². The van der Waals surface area contributed by atoms with E-state index < -0.39 is 11.6 Å². The van der Waals surface area contributed by atoms with Crippen LogP contribution in [0.15, 0.2) is 71.5 Å². The average Bonchev–Trinajstić information content (AvgIpc) is 3.18. The van der Waals surface area contributed by atoms with Gasteiger partial charge in [-0.3, -0.25) is 9.59 Å². The normalized spacial score (nSPS) is 11.1. The third-order valence-corrected chi connectivity index (χ3v) is 6.01. The van der Waals surface area contributed by atoms with Crippen molar-refractivity contribution in [2.24, 2.45) is 0 Å². The minimum Gasteiger partial charge on any atom is -0.436 e. The van der Waals surface area contributed by atoms with Crippen LogP contribution in [-0.2, 0) is 11.3 Å². The zero-order chi connectivity index (χ0) is 25.4. The maximum absolute atomic E-state index is 13.3. The van der Waals surface area contributed by atoms with Crippen molar-refractivity contribution >= 4 is 34.1 Å². The van der Waals surface area contributed by atoms with E-state index in [1.807, 2.05) is 38.1 Å². The summed E-state index contributed by atoms with van der Waals surface area (Å²) in [5, 5.41) is 7.13. The van der Waals surface area contributed by atoms with Crippen LogP contribution in [0.1, 0.15) is 28.4 Å². The Bertz CT molecular complexity index is 1700. The molecule has 0 atom stereocenters. The van der Waals surface area contributed by atoms with Crippen molar-refractivity contribution in [1.82, 2.24) is 19.2 Å². The number of nitrogens with one attached hydrogen (secondary N) is 1. The van der Waals surface area contributed by atoms with Crippen molar-refractivity contribution in [2.45, 2.75) is 27.3 Å². The van der Waals surface area contributed by atoms with Crippen LogP contribution in [0.2, 0.25) is 0 Å². The van der Waals surface area contributed by atoms with E-state index in [9.17, 15) is 14.4 Å². The summed E-state index contributed by atoms with van der Waals surface area (Å²) < 4.78 is 8.62. The van der Waals surface area contributed by atoms with E-state index in [0.717, 1.165) is 15.8 Å². The quantitative estimate of drug-likeness (QED) is 0.363. The van der Waals surface area contributed by atoms with Crippen molar-refractivity contribution in [3.05, 3.63) is 93.9 Å². The van der Waals surface area contributed by atoms with Gasteiger partial charge in [-0.1, -0.05) is 24.3 Å². The van der Waals surface area contributed by atoms with E-state index in [4.69, 9.17) is 4.74 Å². The van der Waals surface area contributed by atoms with Crippen LogP contribution in [0.3, 0.4) is 0 Å². The zero-order valence-corrected chi connectivity index (χ0v) is 20.0. The van der Waals surface area contributed by atoms with Gasteiger partial charge in [-0.25, -0.2) is 18.9 Å². The number of hydrogen-bond donors (Lipinski definition) is 1. The number of carbonyl (C=O) groups is 2. The Kier molecular flexibility index (Phi) is 5.81. The molecule has 2 aromatic heterocycles. The highest BCUT2D eigenvalue weighted by Crippen LogP contribution is 2.29. The molecular formula is C27H23N5O4. The first kappa shape index (κ1) is 23.0. The number of Topliss-reactive ketones (excluding diaryl/α,β-unsaturated/α-hetero) is 1. The largest absolute Gasteiger partial charge is 0.436 e. The molecule has 0 fully saturated rings. The lowest BCUT2D eigenvalue weighted by molar-refractivity contribution is -0.117. The first-order valence-electron chi connectivity index (χ1n) is 11.3. The number of aromatic nitrogens is 4. The van der Waals surface area contributed by atoms with Gasteiger partial charge >= 0.3 is 5.69 Å². The van der Waals surface area contributed by atoms with E-state index in [-0.39, 0.29) is 23.9 Å². The van der Waals surface area contributed by atoms with Gasteiger partial charge < -0.3 is 10.1 Å². The lowest BCUT2D eigenvalue weighted by Crippen LogP contribution is -2.28. The molecule has 36 heavy (non-hydrogen) atoms. The lowest BCUT2D eigenvalue weighted by atomic mass is 10.1. The molecule has 0 saturated heterocycles. The molecule has 9 heteroatoms. The molecule has 0 bridgehead atoms. The summed E-state index contributed by atoms with van der Waals surface area (Å²) in [6.45, 7) is 5.09. The van der Waals surface area contributed by atoms with Crippen LogP contribution in [0, 0.1) is 13.8 Å². The molecule has 5 rings (SSSR count). The van der Waals surface area contributed by atoms with Crippen molar-refractivity contribution in [1.29, 1.82) is 0 Å². The van der Waals surface area contributed by atoms with E-state index >= 15 is 0 Å². The number of carbonyl (C=O) groups excluding carboxylic acids is 2. The van der Waals surface area contributed by atoms with Crippen molar-refractivity contribution in [2.75, 3.05) is 5.32 Å². The molecule has 0 spiro atoms.